The second-order valence-corrected chi connectivity index (χ2v) is 9.30. The summed E-state index contributed by atoms with van der Waals surface area (Å²) in [6, 6.07) is 3.02. The van der Waals surface area contributed by atoms with Crippen molar-refractivity contribution in [3.05, 3.63) is 60.7 Å². The molecule has 3 aromatic rings. The molecule has 0 aliphatic carbocycles. The Hall–Kier alpha value is -3.50. The molecule has 0 bridgehead atoms. The lowest BCUT2D eigenvalue weighted by atomic mass is 10.1. The van der Waals surface area contributed by atoms with Gasteiger partial charge in [0.1, 0.15) is 22.9 Å². The predicted molar refractivity (Wildman–Crippen MR) is 145 cm³/mol. The molecule has 1 aliphatic rings. The summed E-state index contributed by atoms with van der Waals surface area (Å²) < 4.78 is 31.6. The number of nitrogens with one attached hydrogen (secondary N) is 1. The third-order valence-corrected chi connectivity index (χ3v) is 6.49. The summed E-state index contributed by atoms with van der Waals surface area (Å²) in [5.41, 5.74) is 1.13. The maximum absolute atomic E-state index is 14.9. The first kappa shape index (κ1) is 26.6. The Morgan fingerprint density at radius 3 is 2.54 bits per heavy atom. The molecule has 1 saturated heterocycles. The van der Waals surface area contributed by atoms with Crippen LogP contribution in [-0.4, -0.2) is 74.4 Å². The summed E-state index contributed by atoms with van der Waals surface area (Å²) >= 11 is 0. The molecule has 1 aromatic carbocycles. The molecule has 0 spiro atoms. The molecule has 2 aromatic heterocycles. The van der Waals surface area contributed by atoms with E-state index >= 15 is 0 Å². The highest BCUT2D eigenvalue weighted by Crippen LogP contribution is 2.30. The van der Waals surface area contributed by atoms with Gasteiger partial charge in [-0.3, -0.25) is 4.90 Å². The smallest absolute Gasteiger partial charge is 0.229 e. The lowest BCUT2D eigenvalue weighted by Gasteiger charge is -2.33. The summed E-state index contributed by atoms with van der Waals surface area (Å²) in [5, 5.41) is 2.96. The van der Waals surface area contributed by atoms with E-state index in [2.05, 4.69) is 48.6 Å². The SMILES string of the molecule is C=CC(=N/C=C/CN1CCN(CC)CC1)Nc1ncc(F)c(-c2cc(F)c3nc(C)n(C(C)C)c3c2)n1. The van der Waals surface area contributed by atoms with Gasteiger partial charge in [0.05, 0.1) is 11.7 Å². The number of fused-ring (bicyclic) bond motifs is 1. The number of benzene rings is 1. The zero-order valence-electron chi connectivity index (χ0n) is 21.9. The van der Waals surface area contributed by atoms with Crippen molar-refractivity contribution < 1.29 is 8.78 Å². The first-order valence-electron chi connectivity index (χ1n) is 12.6. The highest BCUT2D eigenvalue weighted by Gasteiger charge is 2.18. The molecule has 3 heterocycles. The number of hydrogen-bond acceptors (Lipinski definition) is 6. The molecule has 196 valence electrons. The second kappa shape index (κ2) is 11.7. The number of anilines is 1. The second-order valence-electron chi connectivity index (χ2n) is 9.30. The van der Waals surface area contributed by atoms with E-state index in [4.69, 9.17) is 0 Å². The number of hydrogen-bond donors (Lipinski definition) is 1. The maximum Gasteiger partial charge on any atom is 0.229 e. The van der Waals surface area contributed by atoms with E-state index in [0.717, 1.165) is 45.5 Å². The summed E-state index contributed by atoms with van der Waals surface area (Å²) in [6.45, 7) is 17.9. The van der Waals surface area contributed by atoms with Crippen LogP contribution in [0.15, 0.2) is 48.3 Å². The number of piperazine rings is 1. The van der Waals surface area contributed by atoms with Crippen LogP contribution in [0.3, 0.4) is 0 Å². The molecule has 0 saturated carbocycles. The summed E-state index contributed by atoms with van der Waals surface area (Å²) in [7, 11) is 0. The van der Waals surface area contributed by atoms with Gasteiger partial charge in [-0.1, -0.05) is 19.6 Å². The number of nitrogens with zero attached hydrogens (tertiary/aromatic N) is 7. The Morgan fingerprint density at radius 1 is 1.14 bits per heavy atom. The van der Waals surface area contributed by atoms with Crippen LogP contribution in [0.1, 0.15) is 32.6 Å². The Balaban J connectivity index is 1.52. The average Bonchev–Trinajstić information content (AvgIpc) is 3.23. The average molecular weight is 509 g/mol. The molecule has 0 amide bonds. The van der Waals surface area contributed by atoms with E-state index in [1.165, 1.54) is 12.1 Å². The van der Waals surface area contributed by atoms with Gasteiger partial charge in [-0.05, 0) is 45.5 Å². The third-order valence-electron chi connectivity index (χ3n) is 6.49. The highest BCUT2D eigenvalue weighted by molar-refractivity contribution is 6.02. The van der Waals surface area contributed by atoms with Crippen LogP contribution in [0, 0.1) is 18.6 Å². The van der Waals surface area contributed by atoms with Crippen molar-refractivity contribution in [1.29, 1.82) is 0 Å². The number of aromatic nitrogens is 4. The van der Waals surface area contributed by atoms with E-state index in [1.54, 1.807) is 12.3 Å². The summed E-state index contributed by atoms with van der Waals surface area (Å²) in [4.78, 5) is 21.9. The Kier molecular flexibility index (Phi) is 8.40. The molecule has 0 atom stereocenters. The monoisotopic (exact) mass is 508 g/mol. The lowest BCUT2D eigenvalue weighted by molar-refractivity contribution is 0.148. The number of rotatable bonds is 8. The van der Waals surface area contributed by atoms with E-state index in [9.17, 15) is 8.78 Å². The Labute approximate surface area is 216 Å². The minimum atomic E-state index is -0.656. The number of aliphatic imine (C=N–C) groups is 1. The number of halogens is 2. The van der Waals surface area contributed by atoms with Crippen LogP contribution in [0.4, 0.5) is 14.7 Å². The van der Waals surface area contributed by atoms with Crippen molar-refractivity contribution in [3.63, 3.8) is 0 Å². The lowest BCUT2D eigenvalue weighted by Crippen LogP contribution is -2.45. The van der Waals surface area contributed by atoms with Gasteiger partial charge in [0.15, 0.2) is 11.6 Å². The summed E-state index contributed by atoms with van der Waals surface area (Å²) in [6.07, 6.45) is 6.29. The number of aryl methyl sites for hydroxylation is 1. The molecule has 10 heteroatoms. The number of likely N-dealkylation sites (N-methyl/N-ethyl adjacent to an activating group) is 1. The van der Waals surface area contributed by atoms with Gasteiger partial charge in [0.25, 0.3) is 0 Å². The zero-order valence-corrected chi connectivity index (χ0v) is 21.9. The number of imidazole rings is 1. The maximum atomic E-state index is 14.9. The van der Waals surface area contributed by atoms with Crippen molar-refractivity contribution in [2.45, 2.75) is 33.7 Å². The number of amidine groups is 1. The van der Waals surface area contributed by atoms with Crippen LogP contribution in [0.5, 0.6) is 0 Å². The fourth-order valence-corrected chi connectivity index (χ4v) is 4.56. The molecule has 0 radical (unpaired) electrons. The molecule has 37 heavy (non-hydrogen) atoms. The largest absolute Gasteiger partial charge is 0.326 e. The predicted octanol–water partition coefficient (Wildman–Crippen LogP) is 4.81. The van der Waals surface area contributed by atoms with Gasteiger partial charge in [-0.25, -0.2) is 28.7 Å². The van der Waals surface area contributed by atoms with E-state index < -0.39 is 11.6 Å². The van der Waals surface area contributed by atoms with Gasteiger partial charge in [0.2, 0.25) is 5.95 Å². The molecule has 1 aliphatic heterocycles. The quantitative estimate of drug-likeness (QED) is 0.348. The first-order chi connectivity index (χ1) is 17.8. The van der Waals surface area contributed by atoms with Crippen LogP contribution in [0.25, 0.3) is 22.3 Å². The molecule has 1 N–H and O–H groups in total. The van der Waals surface area contributed by atoms with E-state index in [-0.39, 0.29) is 23.2 Å². The van der Waals surface area contributed by atoms with Crippen molar-refractivity contribution in [2.75, 3.05) is 44.6 Å². The van der Waals surface area contributed by atoms with Crippen molar-refractivity contribution >= 4 is 22.8 Å². The minimum Gasteiger partial charge on any atom is -0.326 e. The highest BCUT2D eigenvalue weighted by atomic mass is 19.1. The third kappa shape index (κ3) is 6.08. The van der Waals surface area contributed by atoms with Gasteiger partial charge in [0, 0.05) is 50.5 Å². The Morgan fingerprint density at radius 2 is 1.86 bits per heavy atom. The minimum absolute atomic E-state index is 0.0161. The standard InChI is InChI=1S/C27H34F2N8/c1-6-24(30-9-8-10-36-13-11-35(7-2)12-14-36)33-27-31-17-22(29)25(34-27)20-15-21(28)26-23(16-20)37(18(3)4)19(5)32-26/h6,8-9,15-18H,1,7,10-14H2,2-5H3,(H,30,31,33,34)/b9-8+. The topological polar surface area (TPSA) is 74.5 Å². The van der Waals surface area contributed by atoms with Gasteiger partial charge in [-0.15, -0.1) is 0 Å². The van der Waals surface area contributed by atoms with Gasteiger partial charge >= 0.3 is 0 Å². The molecule has 8 nitrogen and oxygen atoms in total. The van der Waals surface area contributed by atoms with E-state index in [0.29, 0.717) is 22.7 Å². The van der Waals surface area contributed by atoms with Crippen LogP contribution in [0.2, 0.25) is 0 Å². The molecule has 0 unspecified atom stereocenters. The normalized spacial score (nSPS) is 15.8. The van der Waals surface area contributed by atoms with Crippen molar-refractivity contribution in [3.8, 4) is 11.3 Å². The first-order valence-corrected chi connectivity index (χ1v) is 12.6. The van der Waals surface area contributed by atoms with Crippen LogP contribution >= 0.6 is 0 Å². The van der Waals surface area contributed by atoms with Crippen molar-refractivity contribution in [2.24, 2.45) is 4.99 Å². The molecular formula is C27H34F2N8. The molecule has 4 rings (SSSR count). The zero-order chi connectivity index (χ0) is 26.5. The van der Waals surface area contributed by atoms with E-state index in [1.807, 2.05) is 31.4 Å². The molecular weight excluding hydrogens is 474 g/mol. The van der Waals surface area contributed by atoms with Gasteiger partial charge < -0.3 is 14.8 Å². The summed E-state index contributed by atoms with van der Waals surface area (Å²) in [5.74, 6) is 0.0523. The van der Waals surface area contributed by atoms with Crippen LogP contribution in [-0.2, 0) is 0 Å². The van der Waals surface area contributed by atoms with Crippen LogP contribution < -0.4 is 5.32 Å². The molecule has 1 fully saturated rings. The Bertz CT molecular complexity index is 1320. The van der Waals surface area contributed by atoms with Crippen molar-refractivity contribution in [1.82, 2.24) is 29.3 Å². The fourth-order valence-electron chi connectivity index (χ4n) is 4.56. The fraction of sp³-hybridized carbons (Fsp3) is 0.407. The van der Waals surface area contributed by atoms with Gasteiger partial charge in [-0.2, -0.15) is 0 Å².